The molecule has 0 aliphatic carbocycles. The summed E-state index contributed by atoms with van der Waals surface area (Å²) in [5.74, 6) is 0.661. The third kappa shape index (κ3) is 6.29. The normalized spacial score (nSPS) is 13.1. The Balaban J connectivity index is 2.54. The first kappa shape index (κ1) is 15.6. The fourth-order valence-electron chi connectivity index (χ4n) is 1.64. The fourth-order valence-corrected chi connectivity index (χ4v) is 1.64. The predicted molar refractivity (Wildman–Crippen MR) is 69.1 cm³/mol. The van der Waals surface area contributed by atoms with Crippen LogP contribution in [-0.2, 0) is 6.54 Å². The van der Waals surface area contributed by atoms with Gasteiger partial charge in [0.05, 0.1) is 6.42 Å². The Kier molecular flexibility index (Phi) is 5.89. The molecule has 1 rings (SSSR count). The second-order valence-electron chi connectivity index (χ2n) is 4.31. The van der Waals surface area contributed by atoms with Crippen LogP contribution in [-0.4, -0.2) is 18.8 Å². The summed E-state index contributed by atoms with van der Waals surface area (Å²) in [6, 6.07) is 6.63. The van der Waals surface area contributed by atoms with Gasteiger partial charge in [-0.25, -0.2) is 0 Å². The minimum absolute atomic E-state index is 0.338. The van der Waals surface area contributed by atoms with Crippen molar-refractivity contribution in [3.8, 4) is 5.75 Å². The molecule has 0 saturated carbocycles. The third-order valence-corrected chi connectivity index (χ3v) is 2.51. The average molecular weight is 273 g/mol. The summed E-state index contributed by atoms with van der Waals surface area (Å²) in [4.78, 5) is 0. The SMILES string of the molecule is C=CCOc1ccccc1CNC(C)CC(F)(F)F. The number of para-hydroxylation sites is 1. The van der Waals surface area contributed by atoms with Gasteiger partial charge in [-0.3, -0.25) is 0 Å². The number of hydrogen-bond donors (Lipinski definition) is 1. The third-order valence-electron chi connectivity index (χ3n) is 2.51. The van der Waals surface area contributed by atoms with Crippen LogP contribution in [0.4, 0.5) is 13.2 Å². The first-order valence-corrected chi connectivity index (χ1v) is 6.04. The summed E-state index contributed by atoms with van der Waals surface area (Å²) in [5, 5.41) is 2.85. The van der Waals surface area contributed by atoms with Gasteiger partial charge in [0.1, 0.15) is 12.4 Å². The van der Waals surface area contributed by atoms with Gasteiger partial charge < -0.3 is 10.1 Å². The van der Waals surface area contributed by atoms with Crippen molar-refractivity contribution in [3.63, 3.8) is 0 Å². The van der Waals surface area contributed by atoms with E-state index in [1.54, 1.807) is 12.1 Å². The molecule has 2 nitrogen and oxygen atoms in total. The topological polar surface area (TPSA) is 21.3 Å². The van der Waals surface area contributed by atoms with Gasteiger partial charge in [0.15, 0.2) is 0 Å². The predicted octanol–water partition coefficient (Wildman–Crippen LogP) is 3.68. The van der Waals surface area contributed by atoms with Gasteiger partial charge in [-0.15, -0.1) is 0 Å². The maximum absolute atomic E-state index is 12.2. The van der Waals surface area contributed by atoms with E-state index < -0.39 is 18.6 Å². The monoisotopic (exact) mass is 273 g/mol. The Morgan fingerprint density at radius 2 is 2.05 bits per heavy atom. The minimum atomic E-state index is -4.15. The molecule has 0 aliphatic heterocycles. The Morgan fingerprint density at radius 1 is 1.37 bits per heavy atom. The van der Waals surface area contributed by atoms with Gasteiger partial charge in [-0.1, -0.05) is 30.9 Å². The van der Waals surface area contributed by atoms with Gasteiger partial charge in [-0.2, -0.15) is 13.2 Å². The average Bonchev–Trinajstić information content (AvgIpc) is 2.32. The molecule has 0 amide bonds. The zero-order chi connectivity index (χ0) is 14.3. The Bertz CT molecular complexity index is 404. The van der Waals surface area contributed by atoms with Crippen molar-refractivity contribution in [2.24, 2.45) is 0 Å². The standard InChI is InChI=1S/C14H18F3NO/c1-3-8-19-13-7-5-4-6-12(13)10-18-11(2)9-14(15,16)17/h3-7,11,18H,1,8-10H2,2H3. The lowest BCUT2D eigenvalue weighted by Crippen LogP contribution is -2.30. The molecule has 0 bridgehead atoms. The highest BCUT2D eigenvalue weighted by Gasteiger charge is 2.29. The summed E-state index contributed by atoms with van der Waals surface area (Å²) < 4.78 is 42.0. The summed E-state index contributed by atoms with van der Waals surface area (Å²) >= 11 is 0. The van der Waals surface area contributed by atoms with Gasteiger partial charge in [0.2, 0.25) is 0 Å². The molecule has 0 aliphatic rings. The summed E-state index contributed by atoms with van der Waals surface area (Å²) in [6.07, 6.45) is -3.37. The van der Waals surface area contributed by atoms with E-state index in [9.17, 15) is 13.2 Å². The lowest BCUT2D eigenvalue weighted by atomic mass is 10.1. The van der Waals surface area contributed by atoms with Crippen LogP contribution in [0, 0.1) is 0 Å². The second kappa shape index (κ2) is 7.19. The smallest absolute Gasteiger partial charge is 0.390 e. The molecule has 1 unspecified atom stereocenters. The molecule has 1 N–H and O–H groups in total. The van der Waals surface area contributed by atoms with Crippen molar-refractivity contribution in [2.45, 2.75) is 32.1 Å². The zero-order valence-electron chi connectivity index (χ0n) is 10.8. The Morgan fingerprint density at radius 3 is 2.68 bits per heavy atom. The van der Waals surface area contributed by atoms with Crippen LogP contribution in [0.25, 0.3) is 0 Å². The largest absolute Gasteiger partial charge is 0.489 e. The van der Waals surface area contributed by atoms with Crippen LogP contribution < -0.4 is 10.1 Å². The highest BCUT2D eigenvalue weighted by atomic mass is 19.4. The van der Waals surface area contributed by atoms with E-state index in [0.29, 0.717) is 18.9 Å². The van der Waals surface area contributed by atoms with Crippen molar-refractivity contribution in [2.75, 3.05) is 6.61 Å². The number of benzene rings is 1. The molecule has 1 aromatic carbocycles. The highest BCUT2D eigenvalue weighted by molar-refractivity contribution is 5.33. The van der Waals surface area contributed by atoms with Gasteiger partial charge in [0.25, 0.3) is 0 Å². The van der Waals surface area contributed by atoms with Crippen LogP contribution in [0.1, 0.15) is 18.9 Å². The summed E-state index contributed by atoms with van der Waals surface area (Å²) in [6.45, 7) is 5.78. The van der Waals surface area contributed by atoms with E-state index >= 15 is 0 Å². The maximum atomic E-state index is 12.2. The Labute approximate surface area is 111 Å². The van der Waals surface area contributed by atoms with E-state index in [4.69, 9.17) is 4.74 Å². The molecule has 5 heteroatoms. The molecule has 0 spiro atoms. The number of alkyl halides is 3. The first-order valence-electron chi connectivity index (χ1n) is 6.04. The van der Waals surface area contributed by atoms with Crippen LogP contribution in [0.2, 0.25) is 0 Å². The Hall–Kier alpha value is -1.49. The number of ether oxygens (including phenoxy) is 1. The zero-order valence-corrected chi connectivity index (χ0v) is 10.8. The van der Waals surface area contributed by atoms with Crippen LogP contribution in [0.5, 0.6) is 5.75 Å². The molecule has 0 heterocycles. The van der Waals surface area contributed by atoms with Crippen molar-refractivity contribution in [1.82, 2.24) is 5.32 Å². The van der Waals surface area contributed by atoms with Crippen molar-refractivity contribution >= 4 is 0 Å². The highest BCUT2D eigenvalue weighted by Crippen LogP contribution is 2.22. The molecule has 1 atom stereocenters. The number of rotatable bonds is 7. The molecule has 19 heavy (non-hydrogen) atoms. The van der Waals surface area contributed by atoms with E-state index in [2.05, 4.69) is 11.9 Å². The van der Waals surface area contributed by atoms with E-state index in [1.807, 2.05) is 18.2 Å². The molecular formula is C14H18F3NO. The van der Waals surface area contributed by atoms with E-state index in [0.717, 1.165) is 5.56 Å². The quantitative estimate of drug-likeness (QED) is 0.765. The van der Waals surface area contributed by atoms with Crippen LogP contribution in [0.15, 0.2) is 36.9 Å². The molecule has 0 saturated heterocycles. The molecule has 0 aromatic heterocycles. The molecule has 0 radical (unpaired) electrons. The summed E-state index contributed by atoms with van der Waals surface area (Å²) in [5.41, 5.74) is 0.832. The molecule has 106 valence electrons. The number of hydrogen-bond acceptors (Lipinski definition) is 2. The number of halogens is 3. The van der Waals surface area contributed by atoms with Gasteiger partial charge >= 0.3 is 6.18 Å². The van der Waals surface area contributed by atoms with Crippen molar-refractivity contribution in [1.29, 1.82) is 0 Å². The first-order chi connectivity index (χ1) is 8.92. The van der Waals surface area contributed by atoms with Crippen molar-refractivity contribution < 1.29 is 17.9 Å². The minimum Gasteiger partial charge on any atom is -0.489 e. The summed E-state index contributed by atoms with van der Waals surface area (Å²) in [7, 11) is 0. The second-order valence-corrected chi connectivity index (χ2v) is 4.31. The number of nitrogens with one attached hydrogen (secondary N) is 1. The molecule has 0 fully saturated rings. The van der Waals surface area contributed by atoms with E-state index in [1.165, 1.54) is 6.92 Å². The van der Waals surface area contributed by atoms with Crippen molar-refractivity contribution in [3.05, 3.63) is 42.5 Å². The lowest BCUT2D eigenvalue weighted by Gasteiger charge is -2.17. The molecule has 1 aromatic rings. The lowest BCUT2D eigenvalue weighted by molar-refractivity contribution is -0.139. The maximum Gasteiger partial charge on any atom is 0.390 e. The van der Waals surface area contributed by atoms with Crippen LogP contribution in [0.3, 0.4) is 0 Å². The van der Waals surface area contributed by atoms with Gasteiger partial charge in [0, 0.05) is 18.2 Å². The fraction of sp³-hybridized carbons (Fsp3) is 0.429. The van der Waals surface area contributed by atoms with Crippen LogP contribution >= 0.6 is 0 Å². The van der Waals surface area contributed by atoms with E-state index in [-0.39, 0.29) is 0 Å². The van der Waals surface area contributed by atoms with Gasteiger partial charge in [-0.05, 0) is 13.0 Å². The molecular weight excluding hydrogens is 255 g/mol.